The van der Waals surface area contributed by atoms with Crippen molar-refractivity contribution in [2.24, 2.45) is 0 Å². The Hall–Kier alpha value is -3.54. The van der Waals surface area contributed by atoms with E-state index in [4.69, 9.17) is 9.15 Å². The Bertz CT molecular complexity index is 1270. The van der Waals surface area contributed by atoms with E-state index in [9.17, 15) is 14.0 Å². The van der Waals surface area contributed by atoms with Gasteiger partial charge >= 0.3 is 0 Å². The zero-order valence-corrected chi connectivity index (χ0v) is 13.5. The number of furan rings is 1. The Morgan fingerprint density at radius 1 is 1.00 bits per heavy atom. The normalized spacial score (nSPS) is 13.2. The molecule has 5 rings (SSSR count). The molecule has 0 aliphatic heterocycles. The number of hydrogen-bond acceptors (Lipinski definition) is 5. The number of aromatic nitrogens is 1. The van der Waals surface area contributed by atoms with Gasteiger partial charge in [0.1, 0.15) is 17.1 Å². The number of carbonyl (C=O) groups is 2. The van der Waals surface area contributed by atoms with E-state index >= 15 is 0 Å². The Labute approximate surface area is 146 Å². The van der Waals surface area contributed by atoms with Gasteiger partial charge in [0.2, 0.25) is 5.78 Å². The van der Waals surface area contributed by atoms with Gasteiger partial charge in [-0.2, -0.15) is 0 Å². The van der Waals surface area contributed by atoms with Crippen LogP contribution in [0.15, 0.2) is 47.0 Å². The molecular formula is C20H10FNO4. The van der Waals surface area contributed by atoms with Crippen molar-refractivity contribution in [3.05, 3.63) is 70.9 Å². The molecular weight excluding hydrogens is 337 g/mol. The third kappa shape index (κ3) is 1.81. The first kappa shape index (κ1) is 14.8. The molecule has 0 atom stereocenters. The van der Waals surface area contributed by atoms with Crippen LogP contribution in [0.2, 0.25) is 0 Å². The Balaban J connectivity index is 1.85. The highest BCUT2D eigenvalue weighted by Crippen LogP contribution is 2.38. The quantitative estimate of drug-likeness (QED) is 0.460. The SMILES string of the molecule is COc1ccc2oc3c(c2c1)C(=O)c1cnc2cc(F)ccc2c1C3=O. The van der Waals surface area contributed by atoms with Gasteiger partial charge in [0.25, 0.3) is 0 Å². The molecule has 2 aromatic heterocycles. The topological polar surface area (TPSA) is 69.4 Å². The Morgan fingerprint density at radius 2 is 1.85 bits per heavy atom. The average molecular weight is 347 g/mol. The molecule has 0 radical (unpaired) electrons. The number of carbonyl (C=O) groups excluding carboxylic acids is 2. The first-order valence-corrected chi connectivity index (χ1v) is 7.86. The van der Waals surface area contributed by atoms with Gasteiger partial charge in [0.05, 0.1) is 23.8 Å². The molecule has 126 valence electrons. The van der Waals surface area contributed by atoms with Crippen LogP contribution in [-0.2, 0) is 0 Å². The number of pyridine rings is 1. The summed E-state index contributed by atoms with van der Waals surface area (Å²) < 4.78 is 24.3. The van der Waals surface area contributed by atoms with Gasteiger partial charge in [-0.3, -0.25) is 14.6 Å². The molecule has 0 fully saturated rings. The average Bonchev–Trinajstić information content (AvgIpc) is 3.04. The number of methoxy groups -OCH3 is 1. The standard InChI is InChI=1S/C20H10FNO4/c1-25-10-3-5-15-12(7-10)17-18(23)13-8-22-14-6-9(21)2-4-11(14)16(13)19(24)20(17)26-15/h2-8H,1H3. The van der Waals surface area contributed by atoms with Crippen molar-refractivity contribution >= 4 is 33.4 Å². The van der Waals surface area contributed by atoms with Crippen molar-refractivity contribution in [2.75, 3.05) is 7.11 Å². The zero-order valence-electron chi connectivity index (χ0n) is 13.5. The number of hydrogen-bond donors (Lipinski definition) is 0. The third-order valence-electron chi connectivity index (χ3n) is 4.63. The van der Waals surface area contributed by atoms with Crippen LogP contribution in [0.1, 0.15) is 32.0 Å². The summed E-state index contributed by atoms with van der Waals surface area (Å²) in [5.41, 5.74) is 1.32. The van der Waals surface area contributed by atoms with Crippen LogP contribution < -0.4 is 4.74 Å². The second-order valence-electron chi connectivity index (χ2n) is 6.03. The van der Waals surface area contributed by atoms with Crippen molar-refractivity contribution in [2.45, 2.75) is 0 Å². The van der Waals surface area contributed by atoms with E-state index < -0.39 is 11.6 Å². The van der Waals surface area contributed by atoms with Gasteiger partial charge in [-0.1, -0.05) is 0 Å². The van der Waals surface area contributed by atoms with Crippen molar-refractivity contribution in [3.63, 3.8) is 0 Å². The van der Waals surface area contributed by atoms with Crippen LogP contribution in [0.4, 0.5) is 4.39 Å². The smallest absolute Gasteiger partial charge is 0.230 e. The molecule has 0 unspecified atom stereocenters. The number of fused-ring (bicyclic) bond motifs is 6. The molecule has 1 aliphatic rings. The monoisotopic (exact) mass is 347 g/mol. The van der Waals surface area contributed by atoms with Crippen LogP contribution in [0.5, 0.6) is 5.75 Å². The highest BCUT2D eigenvalue weighted by molar-refractivity contribution is 6.34. The van der Waals surface area contributed by atoms with Crippen molar-refractivity contribution in [1.29, 1.82) is 0 Å². The summed E-state index contributed by atoms with van der Waals surface area (Å²) in [7, 11) is 1.52. The minimum absolute atomic E-state index is 0.0115. The third-order valence-corrected chi connectivity index (χ3v) is 4.63. The Kier molecular flexibility index (Phi) is 2.83. The van der Waals surface area contributed by atoms with E-state index in [1.54, 1.807) is 18.2 Å². The summed E-state index contributed by atoms with van der Waals surface area (Å²) in [5, 5.41) is 0.938. The van der Waals surface area contributed by atoms with Gasteiger partial charge in [0.15, 0.2) is 11.5 Å². The molecule has 0 N–H and O–H groups in total. The van der Waals surface area contributed by atoms with Crippen molar-refractivity contribution < 1.29 is 23.1 Å². The number of rotatable bonds is 1. The Morgan fingerprint density at radius 3 is 2.65 bits per heavy atom. The molecule has 0 bridgehead atoms. The summed E-state index contributed by atoms with van der Waals surface area (Å²) in [6.07, 6.45) is 1.32. The van der Waals surface area contributed by atoms with Crippen molar-refractivity contribution in [3.8, 4) is 5.75 Å². The summed E-state index contributed by atoms with van der Waals surface area (Å²) in [6, 6.07) is 8.94. The summed E-state index contributed by atoms with van der Waals surface area (Å²) in [5.74, 6) is -0.679. The van der Waals surface area contributed by atoms with E-state index in [0.717, 1.165) is 0 Å². The molecule has 1 aliphatic carbocycles. The molecule has 0 saturated carbocycles. The van der Waals surface area contributed by atoms with Gasteiger partial charge in [-0.05, 0) is 30.3 Å². The maximum Gasteiger partial charge on any atom is 0.230 e. The lowest BCUT2D eigenvalue weighted by molar-refractivity contribution is 0.0963. The van der Waals surface area contributed by atoms with Crippen molar-refractivity contribution in [1.82, 2.24) is 4.98 Å². The predicted octanol–water partition coefficient (Wildman–Crippen LogP) is 3.90. The van der Waals surface area contributed by atoms with Crippen LogP contribution in [0.25, 0.3) is 21.9 Å². The molecule has 4 aromatic rings. The number of halogens is 1. The lowest BCUT2D eigenvalue weighted by Gasteiger charge is -2.15. The summed E-state index contributed by atoms with van der Waals surface area (Å²) in [6.45, 7) is 0. The fraction of sp³-hybridized carbons (Fsp3) is 0.0500. The second-order valence-corrected chi connectivity index (χ2v) is 6.03. The van der Waals surface area contributed by atoms with Gasteiger partial charge in [-0.15, -0.1) is 0 Å². The zero-order chi connectivity index (χ0) is 18.0. The highest BCUT2D eigenvalue weighted by atomic mass is 19.1. The number of nitrogens with zero attached hydrogens (tertiary/aromatic N) is 1. The fourth-order valence-corrected chi connectivity index (χ4v) is 3.42. The molecule has 5 nitrogen and oxygen atoms in total. The van der Waals surface area contributed by atoms with E-state index in [1.807, 2.05) is 0 Å². The molecule has 26 heavy (non-hydrogen) atoms. The first-order valence-electron chi connectivity index (χ1n) is 7.86. The van der Waals surface area contributed by atoms with Crippen LogP contribution in [-0.4, -0.2) is 23.7 Å². The lowest BCUT2D eigenvalue weighted by atomic mass is 9.86. The van der Waals surface area contributed by atoms with Crippen LogP contribution >= 0.6 is 0 Å². The predicted molar refractivity (Wildman–Crippen MR) is 91.3 cm³/mol. The minimum atomic E-state index is -0.462. The minimum Gasteiger partial charge on any atom is -0.497 e. The number of ether oxygens (including phenoxy) is 1. The van der Waals surface area contributed by atoms with Crippen LogP contribution in [0, 0.1) is 5.82 Å². The van der Waals surface area contributed by atoms with E-state index in [0.29, 0.717) is 27.6 Å². The maximum absolute atomic E-state index is 13.5. The largest absolute Gasteiger partial charge is 0.497 e. The van der Waals surface area contributed by atoms with Gasteiger partial charge in [0, 0.05) is 28.6 Å². The van der Waals surface area contributed by atoms with Gasteiger partial charge in [-0.25, -0.2) is 4.39 Å². The molecule has 0 spiro atoms. The molecule has 6 heteroatoms. The van der Waals surface area contributed by atoms with Crippen LogP contribution in [0.3, 0.4) is 0 Å². The molecule has 0 amide bonds. The second kappa shape index (κ2) is 4.98. The number of benzene rings is 2. The fourth-order valence-electron chi connectivity index (χ4n) is 3.42. The molecule has 2 heterocycles. The maximum atomic E-state index is 13.5. The van der Waals surface area contributed by atoms with E-state index in [2.05, 4.69) is 4.98 Å². The summed E-state index contributed by atoms with van der Waals surface area (Å²) in [4.78, 5) is 30.3. The summed E-state index contributed by atoms with van der Waals surface area (Å²) >= 11 is 0. The van der Waals surface area contributed by atoms with Gasteiger partial charge < -0.3 is 9.15 Å². The lowest BCUT2D eigenvalue weighted by Crippen LogP contribution is -2.20. The van der Waals surface area contributed by atoms with E-state index in [1.165, 1.54) is 31.5 Å². The molecule has 2 aromatic carbocycles. The molecule has 0 saturated heterocycles. The number of ketones is 2. The first-order chi connectivity index (χ1) is 12.6. The highest BCUT2D eigenvalue weighted by Gasteiger charge is 2.36. The van der Waals surface area contributed by atoms with E-state index in [-0.39, 0.29) is 28.2 Å².